The van der Waals surface area contributed by atoms with Gasteiger partial charge in [0.2, 0.25) is 0 Å². The maximum absolute atomic E-state index is 13.0. The molecule has 0 fully saturated rings. The predicted molar refractivity (Wildman–Crippen MR) is 86.8 cm³/mol. The van der Waals surface area contributed by atoms with Gasteiger partial charge in [-0.1, -0.05) is 17.7 Å². The van der Waals surface area contributed by atoms with Crippen molar-refractivity contribution in [2.75, 3.05) is 7.11 Å². The fourth-order valence-electron chi connectivity index (χ4n) is 2.54. The van der Waals surface area contributed by atoms with Crippen LogP contribution in [0.4, 0.5) is 0 Å². The Kier molecular flexibility index (Phi) is 4.38. The summed E-state index contributed by atoms with van der Waals surface area (Å²) in [6.45, 7) is 8.02. The Labute approximate surface area is 130 Å². The minimum absolute atomic E-state index is 0.0229. The smallest absolute Gasteiger partial charge is 0.197 e. The number of halogens is 1. The van der Waals surface area contributed by atoms with Crippen LogP contribution in [0.2, 0.25) is 5.02 Å². The van der Waals surface area contributed by atoms with Crippen LogP contribution in [0.5, 0.6) is 5.75 Å². The van der Waals surface area contributed by atoms with E-state index in [0.29, 0.717) is 16.3 Å². The van der Waals surface area contributed by atoms with Crippen LogP contribution in [-0.2, 0) is 0 Å². The molecular formula is C18H19ClO2. The summed E-state index contributed by atoms with van der Waals surface area (Å²) in [7, 11) is 1.55. The van der Waals surface area contributed by atoms with Gasteiger partial charge < -0.3 is 4.74 Å². The van der Waals surface area contributed by atoms with E-state index in [0.717, 1.165) is 27.8 Å². The number of rotatable bonds is 3. The lowest BCUT2D eigenvalue weighted by atomic mass is 9.89. The molecule has 2 aromatic rings. The van der Waals surface area contributed by atoms with Crippen molar-refractivity contribution in [1.29, 1.82) is 0 Å². The van der Waals surface area contributed by atoms with Gasteiger partial charge in [-0.2, -0.15) is 0 Å². The molecular weight excluding hydrogens is 284 g/mol. The Morgan fingerprint density at radius 1 is 1.00 bits per heavy atom. The molecule has 3 heteroatoms. The van der Waals surface area contributed by atoms with E-state index in [1.807, 2.05) is 27.7 Å². The first-order valence-electron chi connectivity index (χ1n) is 6.82. The quantitative estimate of drug-likeness (QED) is 0.760. The van der Waals surface area contributed by atoms with Gasteiger partial charge in [0.25, 0.3) is 0 Å². The summed E-state index contributed by atoms with van der Waals surface area (Å²) < 4.78 is 5.30. The molecule has 0 aliphatic heterocycles. The van der Waals surface area contributed by atoms with E-state index in [4.69, 9.17) is 16.3 Å². The molecule has 0 N–H and O–H groups in total. The van der Waals surface area contributed by atoms with E-state index in [1.54, 1.807) is 25.3 Å². The fraction of sp³-hybridized carbons (Fsp3) is 0.278. The Bertz CT molecular complexity index is 691. The number of hydrogen-bond donors (Lipinski definition) is 0. The van der Waals surface area contributed by atoms with Crippen LogP contribution in [0, 0.1) is 27.7 Å². The maximum Gasteiger partial charge on any atom is 0.197 e. The molecule has 0 aliphatic rings. The zero-order valence-corrected chi connectivity index (χ0v) is 13.8. The Hall–Kier alpha value is -1.80. The molecule has 21 heavy (non-hydrogen) atoms. The number of benzene rings is 2. The summed E-state index contributed by atoms with van der Waals surface area (Å²) in [5.41, 5.74) is 5.56. The summed E-state index contributed by atoms with van der Waals surface area (Å²) >= 11 is 5.97. The second kappa shape index (κ2) is 5.90. The van der Waals surface area contributed by atoms with E-state index in [-0.39, 0.29) is 5.78 Å². The first kappa shape index (κ1) is 15.6. The maximum atomic E-state index is 13.0. The molecule has 0 aliphatic carbocycles. The SMILES string of the molecule is COc1cc(Cl)ccc1C(=O)c1c(C)c(C)cc(C)c1C. The Morgan fingerprint density at radius 3 is 2.10 bits per heavy atom. The van der Waals surface area contributed by atoms with Crippen molar-refractivity contribution < 1.29 is 9.53 Å². The van der Waals surface area contributed by atoms with Gasteiger partial charge >= 0.3 is 0 Å². The largest absolute Gasteiger partial charge is 0.496 e. The molecule has 2 aromatic carbocycles. The Morgan fingerprint density at radius 2 is 1.57 bits per heavy atom. The van der Waals surface area contributed by atoms with Crippen molar-refractivity contribution in [3.8, 4) is 5.75 Å². The summed E-state index contributed by atoms with van der Waals surface area (Å²) in [5.74, 6) is 0.482. The van der Waals surface area contributed by atoms with Crippen LogP contribution in [0.3, 0.4) is 0 Å². The van der Waals surface area contributed by atoms with Crippen LogP contribution in [0.1, 0.15) is 38.2 Å². The monoisotopic (exact) mass is 302 g/mol. The standard InChI is InChI=1S/C18H19ClO2/c1-10-8-11(2)13(4)17(12(10)3)18(20)15-7-6-14(19)9-16(15)21-5/h6-9H,1-5H3. The average Bonchev–Trinajstić information content (AvgIpc) is 2.45. The van der Waals surface area contributed by atoms with Crippen LogP contribution < -0.4 is 4.74 Å². The second-order valence-electron chi connectivity index (χ2n) is 5.31. The third-order valence-electron chi connectivity index (χ3n) is 4.00. The van der Waals surface area contributed by atoms with E-state index in [1.165, 1.54) is 0 Å². The third kappa shape index (κ3) is 2.81. The van der Waals surface area contributed by atoms with Crippen LogP contribution >= 0.6 is 11.6 Å². The fourth-order valence-corrected chi connectivity index (χ4v) is 2.71. The van der Waals surface area contributed by atoms with E-state index in [9.17, 15) is 4.79 Å². The van der Waals surface area contributed by atoms with E-state index in [2.05, 4.69) is 6.07 Å². The molecule has 0 heterocycles. The highest BCUT2D eigenvalue weighted by Gasteiger charge is 2.20. The molecule has 2 nitrogen and oxygen atoms in total. The van der Waals surface area contributed by atoms with Gasteiger partial charge in [0.1, 0.15) is 5.75 Å². The van der Waals surface area contributed by atoms with Gasteiger partial charge in [0, 0.05) is 10.6 Å². The highest BCUT2D eigenvalue weighted by molar-refractivity contribution is 6.31. The molecule has 0 bridgehead atoms. The summed E-state index contributed by atoms with van der Waals surface area (Å²) in [4.78, 5) is 13.0. The lowest BCUT2D eigenvalue weighted by Crippen LogP contribution is -2.10. The van der Waals surface area contributed by atoms with Gasteiger partial charge in [0.05, 0.1) is 12.7 Å². The van der Waals surface area contributed by atoms with Gasteiger partial charge in [-0.05, 0) is 68.1 Å². The molecule has 110 valence electrons. The molecule has 0 spiro atoms. The van der Waals surface area contributed by atoms with Crippen LogP contribution in [0.15, 0.2) is 24.3 Å². The molecule has 0 atom stereocenters. The molecule has 0 radical (unpaired) electrons. The minimum Gasteiger partial charge on any atom is -0.496 e. The van der Waals surface area contributed by atoms with Crippen molar-refractivity contribution in [3.63, 3.8) is 0 Å². The number of methoxy groups -OCH3 is 1. The van der Waals surface area contributed by atoms with Crippen molar-refractivity contribution in [1.82, 2.24) is 0 Å². The third-order valence-corrected chi connectivity index (χ3v) is 4.24. The molecule has 0 unspecified atom stereocenters. The minimum atomic E-state index is -0.0229. The molecule has 2 rings (SSSR count). The number of carbonyl (C=O) groups excluding carboxylic acids is 1. The first-order chi connectivity index (χ1) is 9.86. The van der Waals surface area contributed by atoms with Crippen LogP contribution in [0.25, 0.3) is 0 Å². The van der Waals surface area contributed by atoms with E-state index >= 15 is 0 Å². The summed E-state index contributed by atoms with van der Waals surface area (Å²) in [5, 5.41) is 0.553. The summed E-state index contributed by atoms with van der Waals surface area (Å²) in [6.07, 6.45) is 0. The number of ketones is 1. The highest BCUT2D eigenvalue weighted by atomic mass is 35.5. The van der Waals surface area contributed by atoms with Gasteiger partial charge in [-0.25, -0.2) is 0 Å². The summed E-state index contributed by atoms with van der Waals surface area (Å²) in [6, 6.07) is 7.22. The number of aryl methyl sites for hydroxylation is 2. The zero-order valence-electron chi connectivity index (χ0n) is 13.0. The lowest BCUT2D eigenvalue weighted by Gasteiger charge is -2.16. The van der Waals surface area contributed by atoms with Gasteiger partial charge in [-0.3, -0.25) is 4.79 Å². The molecule has 0 saturated carbocycles. The number of carbonyl (C=O) groups is 1. The van der Waals surface area contributed by atoms with Crippen molar-refractivity contribution in [2.45, 2.75) is 27.7 Å². The topological polar surface area (TPSA) is 26.3 Å². The predicted octanol–water partition coefficient (Wildman–Crippen LogP) is 4.81. The van der Waals surface area contributed by atoms with Crippen LogP contribution in [-0.4, -0.2) is 12.9 Å². The number of ether oxygens (including phenoxy) is 1. The normalized spacial score (nSPS) is 10.6. The molecule has 0 amide bonds. The van der Waals surface area contributed by atoms with Crippen molar-refractivity contribution in [2.24, 2.45) is 0 Å². The lowest BCUT2D eigenvalue weighted by molar-refractivity contribution is 0.103. The Balaban J connectivity index is 2.66. The van der Waals surface area contributed by atoms with Gasteiger partial charge in [-0.15, -0.1) is 0 Å². The van der Waals surface area contributed by atoms with E-state index < -0.39 is 0 Å². The van der Waals surface area contributed by atoms with Crippen molar-refractivity contribution in [3.05, 3.63) is 62.7 Å². The van der Waals surface area contributed by atoms with Gasteiger partial charge in [0.15, 0.2) is 5.78 Å². The molecule has 0 aromatic heterocycles. The van der Waals surface area contributed by atoms with Crippen molar-refractivity contribution >= 4 is 17.4 Å². The average molecular weight is 303 g/mol. The second-order valence-corrected chi connectivity index (χ2v) is 5.75. The highest BCUT2D eigenvalue weighted by Crippen LogP contribution is 2.29. The molecule has 0 saturated heterocycles. The number of hydrogen-bond acceptors (Lipinski definition) is 2. The zero-order chi connectivity index (χ0) is 15.7. The first-order valence-corrected chi connectivity index (χ1v) is 7.20.